The van der Waals surface area contributed by atoms with Gasteiger partial charge in [-0.25, -0.2) is 4.98 Å². The molecule has 0 aliphatic heterocycles. The first-order valence-electron chi connectivity index (χ1n) is 7.30. The first-order chi connectivity index (χ1) is 11.9. The third-order valence-electron chi connectivity index (χ3n) is 3.22. The first-order valence-corrected chi connectivity index (χ1v) is 9.72. The standard InChI is InChI=1S/C16H14BrN3O3S2/c1-8-14(12-5-3-10(25-12)7-18-9(2)21)19-16(24-8)20-15(22)11-4-6-13(17)23-11/h3-6H,7H2,1-2H3,(H,18,21)(H,19,20,22). The first kappa shape index (κ1) is 17.8. The third kappa shape index (κ3) is 4.36. The number of hydrogen-bond donors (Lipinski definition) is 2. The van der Waals surface area contributed by atoms with Crippen molar-refractivity contribution in [1.29, 1.82) is 0 Å². The molecule has 0 saturated carbocycles. The number of aromatic nitrogens is 1. The number of thiazole rings is 1. The number of halogens is 1. The van der Waals surface area contributed by atoms with Gasteiger partial charge in [-0.1, -0.05) is 0 Å². The summed E-state index contributed by atoms with van der Waals surface area (Å²) in [6, 6.07) is 7.19. The molecule has 0 bridgehead atoms. The summed E-state index contributed by atoms with van der Waals surface area (Å²) in [5.74, 6) is -0.187. The molecule has 0 saturated heterocycles. The SMILES string of the molecule is CC(=O)NCc1ccc(-c2nc(NC(=O)c3ccc(Br)o3)sc2C)s1. The summed E-state index contributed by atoms with van der Waals surface area (Å²) >= 11 is 6.14. The van der Waals surface area contributed by atoms with E-state index in [9.17, 15) is 9.59 Å². The molecular formula is C16H14BrN3O3S2. The number of rotatable bonds is 5. The molecule has 0 aliphatic rings. The number of carbonyl (C=O) groups excluding carboxylic acids is 2. The van der Waals surface area contributed by atoms with Crippen molar-refractivity contribution in [2.45, 2.75) is 20.4 Å². The van der Waals surface area contributed by atoms with Gasteiger partial charge >= 0.3 is 0 Å². The molecule has 0 aromatic carbocycles. The molecule has 130 valence electrons. The summed E-state index contributed by atoms with van der Waals surface area (Å²) in [7, 11) is 0. The van der Waals surface area contributed by atoms with E-state index in [-0.39, 0.29) is 17.6 Å². The van der Waals surface area contributed by atoms with Crippen LogP contribution in [-0.4, -0.2) is 16.8 Å². The average Bonchev–Trinajstić information content (AvgIpc) is 3.25. The van der Waals surface area contributed by atoms with Gasteiger partial charge < -0.3 is 9.73 Å². The van der Waals surface area contributed by atoms with E-state index in [1.54, 1.807) is 23.5 Å². The molecule has 2 N–H and O–H groups in total. The molecule has 0 spiro atoms. The second-order valence-electron chi connectivity index (χ2n) is 5.16. The summed E-state index contributed by atoms with van der Waals surface area (Å²) < 4.78 is 5.74. The van der Waals surface area contributed by atoms with Crippen molar-refractivity contribution in [3.8, 4) is 10.6 Å². The third-order valence-corrected chi connectivity index (χ3v) is 5.63. The van der Waals surface area contributed by atoms with Crippen LogP contribution in [-0.2, 0) is 11.3 Å². The van der Waals surface area contributed by atoms with E-state index in [0.717, 1.165) is 20.3 Å². The summed E-state index contributed by atoms with van der Waals surface area (Å²) in [6.45, 7) is 3.95. The van der Waals surface area contributed by atoms with Gasteiger partial charge in [0, 0.05) is 16.7 Å². The number of nitrogens with zero attached hydrogens (tertiary/aromatic N) is 1. The van der Waals surface area contributed by atoms with Crippen LogP contribution in [0.2, 0.25) is 0 Å². The highest BCUT2D eigenvalue weighted by atomic mass is 79.9. The topological polar surface area (TPSA) is 84.2 Å². The maximum atomic E-state index is 12.1. The van der Waals surface area contributed by atoms with Gasteiger partial charge in [-0.2, -0.15) is 0 Å². The Hall–Kier alpha value is -1.97. The van der Waals surface area contributed by atoms with Gasteiger partial charge in [-0.15, -0.1) is 22.7 Å². The van der Waals surface area contributed by atoms with Gasteiger partial charge in [0.2, 0.25) is 5.91 Å². The molecule has 3 heterocycles. The van der Waals surface area contributed by atoms with Gasteiger partial charge in [-0.3, -0.25) is 14.9 Å². The molecule has 0 fully saturated rings. The molecule has 0 atom stereocenters. The van der Waals surface area contributed by atoms with Crippen molar-refractivity contribution >= 4 is 55.5 Å². The Bertz CT molecular complexity index is 929. The maximum absolute atomic E-state index is 12.1. The summed E-state index contributed by atoms with van der Waals surface area (Å²) in [5.41, 5.74) is 0.833. The predicted octanol–water partition coefficient (Wildman–Crippen LogP) is 4.42. The number of amides is 2. The van der Waals surface area contributed by atoms with Gasteiger partial charge in [0.05, 0.1) is 17.1 Å². The van der Waals surface area contributed by atoms with E-state index in [1.165, 1.54) is 18.3 Å². The predicted molar refractivity (Wildman–Crippen MR) is 102 cm³/mol. The Kier molecular flexibility index (Phi) is 5.36. The smallest absolute Gasteiger partial charge is 0.293 e. The van der Waals surface area contributed by atoms with E-state index in [2.05, 4.69) is 31.5 Å². The van der Waals surface area contributed by atoms with Crippen LogP contribution in [0.25, 0.3) is 10.6 Å². The van der Waals surface area contributed by atoms with Crippen LogP contribution in [0.3, 0.4) is 0 Å². The molecule has 2 amide bonds. The Balaban J connectivity index is 1.74. The van der Waals surface area contributed by atoms with E-state index in [4.69, 9.17) is 4.42 Å². The van der Waals surface area contributed by atoms with Gasteiger partial charge in [0.15, 0.2) is 15.6 Å². The molecule has 25 heavy (non-hydrogen) atoms. The molecule has 3 aromatic heterocycles. The van der Waals surface area contributed by atoms with Crippen molar-refractivity contribution in [1.82, 2.24) is 10.3 Å². The van der Waals surface area contributed by atoms with Crippen LogP contribution in [0.1, 0.15) is 27.2 Å². The van der Waals surface area contributed by atoms with Crippen molar-refractivity contribution < 1.29 is 14.0 Å². The molecule has 3 rings (SSSR count). The zero-order valence-electron chi connectivity index (χ0n) is 13.4. The van der Waals surface area contributed by atoms with Crippen LogP contribution in [0.5, 0.6) is 0 Å². The van der Waals surface area contributed by atoms with E-state index < -0.39 is 0 Å². The minimum Gasteiger partial charge on any atom is -0.444 e. The zero-order chi connectivity index (χ0) is 18.0. The number of aryl methyl sites for hydroxylation is 1. The lowest BCUT2D eigenvalue weighted by Crippen LogP contribution is -2.17. The fourth-order valence-corrected chi connectivity index (χ4v) is 4.27. The normalized spacial score (nSPS) is 10.7. The minimum absolute atomic E-state index is 0.0608. The lowest BCUT2D eigenvalue weighted by atomic mass is 10.3. The number of anilines is 1. The monoisotopic (exact) mass is 439 g/mol. The highest BCUT2D eigenvalue weighted by Gasteiger charge is 2.16. The summed E-state index contributed by atoms with van der Waals surface area (Å²) in [4.78, 5) is 30.7. The Morgan fingerprint density at radius 1 is 1.24 bits per heavy atom. The highest BCUT2D eigenvalue weighted by molar-refractivity contribution is 9.10. The molecule has 3 aromatic rings. The molecule has 0 unspecified atom stereocenters. The number of nitrogens with one attached hydrogen (secondary N) is 2. The van der Waals surface area contributed by atoms with E-state index >= 15 is 0 Å². The Labute approximate surface area is 160 Å². The Morgan fingerprint density at radius 3 is 2.72 bits per heavy atom. The number of furan rings is 1. The number of thiophene rings is 1. The summed E-state index contributed by atoms with van der Waals surface area (Å²) in [6.07, 6.45) is 0. The van der Waals surface area contributed by atoms with Gasteiger partial charge in [0.25, 0.3) is 5.91 Å². The van der Waals surface area contributed by atoms with Crippen LogP contribution >= 0.6 is 38.6 Å². The molecule has 6 nitrogen and oxygen atoms in total. The highest BCUT2D eigenvalue weighted by Crippen LogP contribution is 2.34. The van der Waals surface area contributed by atoms with Crippen LogP contribution in [0.4, 0.5) is 5.13 Å². The van der Waals surface area contributed by atoms with Crippen molar-refractivity contribution in [3.05, 3.63) is 44.4 Å². The largest absolute Gasteiger partial charge is 0.444 e. The molecule has 9 heteroatoms. The number of carbonyl (C=O) groups is 2. The fraction of sp³-hybridized carbons (Fsp3) is 0.188. The maximum Gasteiger partial charge on any atom is 0.293 e. The average molecular weight is 440 g/mol. The molecular weight excluding hydrogens is 426 g/mol. The number of hydrogen-bond acceptors (Lipinski definition) is 6. The summed E-state index contributed by atoms with van der Waals surface area (Å²) in [5, 5.41) is 6.04. The van der Waals surface area contributed by atoms with Crippen LogP contribution in [0, 0.1) is 6.92 Å². The van der Waals surface area contributed by atoms with E-state index in [1.807, 2.05) is 19.1 Å². The second kappa shape index (κ2) is 7.51. The lowest BCUT2D eigenvalue weighted by Gasteiger charge is -1.98. The van der Waals surface area contributed by atoms with Crippen LogP contribution < -0.4 is 10.6 Å². The quantitative estimate of drug-likeness (QED) is 0.615. The van der Waals surface area contributed by atoms with Gasteiger partial charge in [0.1, 0.15) is 0 Å². The lowest BCUT2D eigenvalue weighted by molar-refractivity contribution is -0.119. The Morgan fingerprint density at radius 2 is 2.04 bits per heavy atom. The molecule has 0 aliphatic carbocycles. The van der Waals surface area contributed by atoms with Crippen molar-refractivity contribution in [2.24, 2.45) is 0 Å². The fourth-order valence-electron chi connectivity index (χ4n) is 2.09. The second-order valence-corrected chi connectivity index (χ2v) is 8.31. The van der Waals surface area contributed by atoms with Crippen molar-refractivity contribution in [3.63, 3.8) is 0 Å². The van der Waals surface area contributed by atoms with Crippen molar-refractivity contribution in [2.75, 3.05) is 5.32 Å². The zero-order valence-corrected chi connectivity index (χ0v) is 16.6. The minimum atomic E-state index is -0.344. The molecule has 0 radical (unpaired) electrons. The van der Waals surface area contributed by atoms with Crippen LogP contribution in [0.15, 0.2) is 33.4 Å². The van der Waals surface area contributed by atoms with Gasteiger partial charge in [-0.05, 0) is 47.1 Å². The van der Waals surface area contributed by atoms with E-state index in [0.29, 0.717) is 16.3 Å².